The summed E-state index contributed by atoms with van der Waals surface area (Å²) >= 11 is 1.25. The van der Waals surface area contributed by atoms with Gasteiger partial charge in [0.1, 0.15) is 0 Å². The molecule has 0 bridgehead atoms. The van der Waals surface area contributed by atoms with Gasteiger partial charge in [0, 0.05) is 28.7 Å². The quantitative estimate of drug-likeness (QED) is 0.488. The molecule has 0 saturated heterocycles. The third-order valence-corrected chi connectivity index (χ3v) is 3.48. The molecular weight excluding hydrogens is 272 g/mol. The molecule has 104 valence electrons. The minimum absolute atomic E-state index is 0.0795. The molecular formula is C11H14N2O5S. The first-order valence-corrected chi connectivity index (χ1v) is 6.55. The van der Waals surface area contributed by atoms with Crippen LogP contribution in [-0.2, 0) is 5.75 Å². The van der Waals surface area contributed by atoms with Crippen LogP contribution in [0.15, 0.2) is 18.2 Å². The van der Waals surface area contributed by atoms with E-state index in [1.807, 2.05) is 0 Å². The number of hydrogen-bond donors (Lipinski definition) is 3. The van der Waals surface area contributed by atoms with Gasteiger partial charge in [-0.3, -0.25) is 14.9 Å². The van der Waals surface area contributed by atoms with Gasteiger partial charge in [-0.2, -0.15) is 11.8 Å². The topological polar surface area (TPSA) is 127 Å². The van der Waals surface area contributed by atoms with Crippen molar-refractivity contribution in [1.82, 2.24) is 0 Å². The summed E-state index contributed by atoms with van der Waals surface area (Å²) in [5.41, 5.74) is 5.40. The summed E-state index contributed by atoms with van der Waals surface area (Å²) in [5.74, 6) is -0.157. The molecule has 0 saturated carbocycles. The number of carbonyl (C=O) groups excluding carboxylic acids is 1. The number of hydrogen-bond acceptors (Lipinski definition) is 6. The second-order valence-corrected chi connectivity index (χ2v) is 4.85. The first-order chi connectivity index (χ1) is 8.95. The maximum atomic E-state index is 11.0. The summed E-state index contributed by atoms with van der Waals surface area (Å²) in [4.78, 5) is 21.3. The Morgan fingerprint density at radius 2 is 2.21 bits per heavy atom. The van der Waals surface area contributed by atoms with Gasteiger partial charge in [0.2, 0.25) is 5.91 Å². The third-order valence-electron chi connectivity index (χ3n) is 2.35. The Morgan fingerprint density at radius 3 is 2.74 bits per heavy atom. The SMILES string of the molecule is NC(=O)c1ccc(CSCC(O)CO)c([N+](=O)[O-])c1. The van der Waals surface area contributed by atoms with Crippen LogP contribution in [0.5, 0.6) is 0 Å². The van der Waals surface area contributed by atoms with E-state index in [2.05, 4.69) is 0 Å². The summed E-state index contributed by atoms with van der Waals surface area (Å²) < 4.78 is 0. The number of aliphatic hydroxyl groups is 2. The van der Waals surface area contributed by atoms with Crippen molar-refractivity contribution in [3.63, 3.8) is 0 Å². The van der Waals surface area contributed by atoms with Crippen LogP contribution in [0, 0.1) is 10.1 Å². The van der Waals surface area contributed by atoms with E-state index in [0.717, 1.165) is 6.07 Å². The van der Waals surface area contributed by atoms with Crippen LogP contribution in [0.4, 0.5) is 5.69 Å². The molecule has 8 heteroatoms. The fourth-order valence-electron chi connectivity index (χ4n) is 1.37. The van der Waals surface area contributed by atoms with Crippen LogP contribution >= 0.6 is 11.8 Å². The molecule has 4 N–H and O–H groups in total. The Hall–Kier alpha value is -1.64. The first-order valence-electron chi connectivity index (χ1n) is 5.39. The van der Waals surface area contributed by atoms with Crippen LogP contribution in [0.25, 0.3) is 0 Å². The van der Waals surface area contributed by atoms with Crippen molar-refractivity contribution in [3.8, 4) is 0 Å². The van der Waals surface area contributed by atoms with Gasteiger partial charge >= 0.3 is 0 Å². The van der Waals surface area contributed by atoms with E-state index in [4.69, 9.17) is 15.9 Å². The lowest BCUT2D eigenvalue weighted by Crippen LogP contribution is -2.15. The third kappa shape index (κ3) is 4.51. The molecule has 7 nitrogen and oxygen atoms in total. The normalized spacial score (nSPS) is 12.1. The summed E-state index contributed by atoms with van der Waals surface area (Å²) in [5, 5.41) is 28.7. The molecule has 0 spiro atoms. The maximum Gasteiger partial charge on any atom is 0.274 e. The Bertz CT molecular complexity index is 480. The molecule has 1 aromatic carbocycles. The molecule has 0 heterocycles. The minimum Gasteiger partial charge on any atom is -0.394 e. The molecule has 0 aromatic heterocycles. The number of carbonyl (C=O) groups is 1. The number of rotatable bonds is 7. The highest BCUT2D eigenvalue weighted by Crippen LogP contribution is 2.25. The molecule has 1 atom stereocenters. The van der Waals surface area contributed by atoms with E-state index in [1.54, 1.807) is 0 Å². The molecule has 0 radical (unpaired) electrons. The average molecular weight is 286 g/mol. The number of nitrogens with zero attached hydrogens (tertiary/aromatic N) is 1. The smallest absolute Gasteiger partial charge is 0.274 e. The molecule has 1 aromatic rings. The van der Waals surface area contributed by atoms with E-state index in [1.165, 1.54) is 23.9 Å². The van der Waals surface area contributed by atoms with Gasteiger partial charge in [-0.05, 0) is 6.07 Å². The van der Waals surface area contributed by atoms with Gasteiger partial charge in [-0.15, -0.1) is 0 Å². The molecule has 1 amide bonds. The Labute approximate surface area is 113 Å². The minimum atomic E-state index is -0.853. The zero-order valence-electron chi connectivity index (χ0n) is 9.98. The average Bonchev–Trinajstić information content (AvgIpc) is 2.38. The maximum absolute atomic E-state index is 11.0. The zero-order chi connectivity index (χ0) is 14.4. The largest absolute Gasteiger partial charge is 0.394 e. The van der Waals surface area contributed by atoms with E-state index in [-0.39, 0.29) is 23.6 Å². The van der Waals surface area contributed by atoms with Crippen molar-refractivity contribution in [2.75, 3.05) is 12.4 Å². The van der Waals surface area contributed by atoms with Crippen LogP contribution in [0.2, 0.25) is 0 Å². The second kappa shape index (κ2) is 7.07. The highest BCUT2D eigenvalue weighted by molar-refractivity contribution is 7.98. The fraction of sp³-hybridized carbons (Fsp3) is 0.364. The Balaban J connectivity index is 2.82. The summed E-state index contributed by atoms with van der Waals surface area (Å²) in [6, 6.07) is 4.03. The number of amides is 1. The van der Waals surface area contributed by atoms with E-state index >= 15 is 0 Å². The van der Waals surface area contributed by atoms with E-state index in [0.29, 0.717) is 11.3 Å². The van der Waals surface area contributed by atoms with Crippen LogP contribution in [-0.4, -0.2) is 39.5 Å². The number of thioether (sulfide) groups is 1. The molecule has 0 aliphatic heterocycles. The van der Waals surface area contributed by atoms with Gasteiger partial charge < -0.3 is 15.9 Å². The van der Waals surface area contributed by atoms with Crippen molar-refractivity contribution in [2.24, 2.45) is 5.73 Å². The highest BCUT2D eigenvalue weighted by Gasteiger charge is 2.16. The van der Waals surface area contributed by atoms with Gasteiger partial charge in [-0.1, -0.05) is 6.07 Å². The first kappa shape index (κ1) is 15.4. The molecule has 0 aliphatic rings. The van der Waals surface area contributed by atoms with Crippen molar-refractivity contribution < 1.29 is 19.9 Å². The number of nitrogens with two attached hydrogens (primary N) is 1. The number of aliphatic hydroxyl groups excluding tert-OH is 2. The summed E-state index contributed by atoms with van der Waals surface area (Å²) in [6.45, 7) is -0.351. The lowest BCUT2D eigenvalue weighted by atomic mass is 10.1. The predicted octanol–water partition coefficient (Wildman–Crippen LogP) is 0.280. The summed E-state index contributed by atoms with van der Waals surface area (Å²) in [6.07, 6.45) is -0.853. The van der Waals surface area contributed by atoms with Crippen LogP contribution in [0.3, 0.4) is 0 Å². The molecule has 1 unspecified atom stereocenters. The standard InChI is InChI=1S/C11H14N2O5S/c12-11(16)7-1-2-8(10(3-7)13(17)18)5-19-6-9(15)4-14/h1-3,9,14-15H,4-6H2,(H2,12,16). The molecule has 1 rings (SSSR count). The highest BCUT2D eigenvalue weighted by atomic mass is 32.2. The lowest BCUT2D eigenvalue weighted by molar-refractivity contribution is -0.385. The van der Waals surface area contributed by atoms with E-state index < -0.39 is 16.9 Å². The van der Waals surface area contributed by atoms with Crippen LogP contribution in [0.1, 0.15) is 15.9 Å². The summed E-state index contributed by atoms with van der Waals surface area (Å²) in [7, 11) is 0. The molecule has 0 fully saturated rings. The molecule has 0 aliphatic carbocycles. The van der Waals surface area contributed by atoms with Gasteiger partial charge in [-0.25, -0.2) is 0 Å². The van der Waals surface area contributed by atoms with E-state index in [9.17, 15) is 14.9 Å². The zero-order valence-corrected chi connectivity index (χ0v) is 10.8. The molecule has 19 heavy (non-hydrogen) atoms. The monoisotopic (exact) mass is 286 g/mol. The number of primary amides is 1. The van der Waals surface area contributed by atoms with Crippen molar-refractivity contribution in [3.05, 3.63) is 39.4 Å². The Morgan fingerprint density at radius 1 is 1.53 bits per heavy atom. The van der Waals surface area contributed by atoms with Gasteiger partial charge in [0.25, 0.3) is 5.69 Å². The lowest BCUT2D eigenvalue weighted by Gasteiger charge is -2.07. The van der Waals surface area contributed by atoms with Crippen molar-refractivity contribution >= 4 is 23.4 Å². The van der Waals surface area contributed by atoms with Gasteiger partial charge in [0.15, 0.2) is 0 Å². The predicted molar refractivity (Wildman–Crippen MR) is 70.9 cm³/mol. The fourth-order valence-corrected chi connectivity index (χ4v) is 2.33. The van der Waals surface area contributed by atoms with Crippen LogP contribution < -0.4 is 5.73 Å². The number of nitro benzene ring substituents is 1. The van der Waals surface area contributed by atoms with Gasteiger partial charge in [0.05, 0.1) is 17.6 Å². The number of nitro groups is 1. The Kier molecular flexibility index (Phi) is 5.74. The second-order valence-electron chi connectivity index (χ2n) is 3.82. The van der Waals surface area contributed by atoms with Crippen molar-refractivity contribution in [1.29, 1.82) is 0 Å². The van der Waals surface area contributed by atoms with Crippen molar-refractivity contribution in [2.45, 2.75) is 11.9 Å². The number of benzene rings is 1.